The largest absolute Gasteiger partial charge is 0.347 e. The lowest BCUT2D eigenvalue weighted by Crippen LogP contribution is -2.42. The van der Waals surface area contributed by atoms with Gasteiger partial charge < -0.3 is 5.32 Å². The lowest BCUT2D eigenvalue weighted by molar-refractivity contribution is -0.684. The maximum Gasteiger partial charge on any atom is 0.286 e. The molecule has 0 saturated heterocycles. The molecule has 0 spiro atoms. The highest BCUT2D eigenvalue weighted by atomic mass is 35.5. The quantitative estimate of drug-likeness (QED) is 0.818. The molecule has 0 radical (unpaired) electrons. The highest BCUT2D eigenvalue weighted by Crippen LogP contribution is 2.09. The summed E-state index contributed by atoms with van der Waals surface area (Å²) in [5, 5.41) is 3.61. The number of hydrogen-bond acceptors (Lipinski definition) is 1. The minimum atomic E-state index is -0.00167. The van der Waals surface area contributed by atoms with Gasteiger partial charge in [-0.15, -0.1) is 0 Å². The zero-order valence-corrected chi connectivity index (χ0v) is 12.9. The molecule has 2 aromatic rings. The van der Waals surface area contributed by atoms with Crippen molar-refractivity contribution in [1.82, 2.24) is 5.32 Å². The molecule has 0 saturated carbocycles. The number of benzene rings is 1. The van der Waals surface area contributed by atoms with Crippen LogP contribution in [0.5, 0.6) is 0 Å². The van der Waals surface area contributed by atoms with E-state index in [-0.39, 0.29) is 5.91 Å². The van der Waals surface area contributed by atoms with Crippen molar-refractivity contribution in [1.29, 1.82) is 0 Å². The Kier molecular flexibility index (Phi) is 5.76. The van der Waals surface area contributed by atoms with Gasteiger partial charge in [0.15, 0.2) is 12.4 Å². The Bertz CT molecular complexity index is 579. The lowest BCUT2D eigenvalue weighted by atomic mass is 10.1. The molecule has 1 heterocycles. The summed E-state index contributed by atoms with van der Waals surface area (Å²) < 4.78 is 1.89. The summed E-state index contributed by atoms with van der Waals surface area (Å²) >= 11 is 5.83. The number of pyridine rings is 1. The highest BCUT2D eigenvalue weighted by Gasteiger charge is 2.08. The number of carbonyl (C=O) groups is 1. The first-order chi connectivity index (χ1) is 10.2. The maximum atomic E-state index is 11.9. The number of aromatic nitrogens is 1. The van der Waals surface area contributed by atoms with Crippen molar-refractivity contribution in [3.63, 3.8) is 0 Å². The van der Waals surface area contributed by atoms with Crippen LogP contribution in [0.15, 0.2) is 48.8 Å². The Hall–Kier alpha value is -1.87. The fourth-order valence-corrected chi connectivity index (χ4v) is 2.20. The van der Waals surface area contributed by atoms with E-state index in [1.807, 2.05) is 41.2 Å². The number of amides is 1. The maximum absolute atomic E-state index is 11.9. The number of nitrogens with zero attached hydrogens (tertiary/aromatic N) is 1. The van der Waals surface area contributed by atoms with E-state index in [1.54, 1.807) is 0 Å². The van der Waals surface area contributed by atoms with Gasteiger partial charge in [0.1, 0.15) is 0 Å². The van der Waals surface area contributed by atoms with Gasteiger partial charge >= 0.3 is 0 Å². The van der Waals surface area contributed by atoms with Crippen LogP contribution in [0.2, 0.25) is 5.02 Å². The van der Waals surface area contributed by atoms with Crippen LogP contribution < -0.4 is 9.88 Å². The number of carbonyl (C=O) groups excluding carboxylic acids is 1. The van der Waals surface area contributed by atoms with Gasteiger partial charge in [0.2, 0.25) is 6.54 Å². The molecule has 21 heavy (non-hydrogen) atoms. The van der Waals surface area contributed by atoms with Crippen molar-refractivity contribution < 1.29 is 9.36 Å². The molecule has 1 amide bonds. The second kappa shape index (κ2) is 7.79. The van der Waals surface area contributed by atoms with Crippen LogP contribution in [0.3, 0.4) is 0 Å². The summed E-state index contributed by atoms with van der Waals surface area (Å²) in [6, 6.07) is 11.6. The molecular formula is C17H20ClN2O+. The van der Waals surface area contributed by atoms with E-state index < -0.39 is 0 Å². The molecule has 4 heteroatoms. The molecule has 0 bridgehead atoms. The van der Waals surface area contributed by atoms with Crippen molar-refractivity contribution in [2.75, 3.05) is 0 Å². The second-order valence-corrected chi connectivity index (χ2v) is 5.47. The smallest absolute Gasteiger partial charge is 0.286 e. The van der Waals surface area contributed by atoms with E-state index in [0.717, 1.165) is 18.4 Å². The van der Waals surface area contributed by atoms with Gasteiger partial charge in [0, 0.05) is 23.7 Å². The molecule has 1 N–H and O–H groups in total. The lowest BCUT2D eigenvalue weighted by Gasteiger charge is -2.04. The standard InChI is InChI=1S/C17H19ClN2O/c1-2-3-14-8-10-20(11-9-14)13-17(21)19-12-15-4-6-16(18)7-5-15/h4-11H,2-3,12-13H2,1H3/p+1. The number of halogens is 1. The number of aryl methyl sites for hydroxylation is 1. The molecule has 0 aliphatic rings. The highest BCUT2D eigenvalue weighted by molar-refractivity contribution is 6.30. The first-order valence-electron chi connectivity index (χ1n) is 7.16. The molecule has 3 nitrogen and oxygen atoms in total. The SMILES string of the molecule is CCCc1cc[n+](CC(=O)NCc2ccc(Cl)cc2)cc1. The third-order valence-electron chi connectivity index (χ3n) is 3.23. The van der Waals surface area contributed by atoms with E-state index >= 15 is 0 Å². The monoisotopic (exact) mass is 303 g/mol. The van der Waals surface area contributed by atoms with Gasteiger partial charge in [0.05, 0.1) is 0 Å². The predicted octanol–water partition coefficient (Wildman–Crippen LogP) is 2.90. The fraction of sp³-hybridized carbons (Fsp3) is 0.294. The molecule has 2 rings (SSSR count). The number of hydrogen-bond donors (Lipinski definition) is 1. The Labute approximate surface area is 130 Å². The number of nitrogens with one attached hydrogen (secondary N) is 1. The van der Waals surface area contributed by atoms with Crippen molar-refractivity contribution in [3.05, 3.63) is 64.9 Å². The third kappa shape index (κ3) is 5.20. The first-order valence-corrected chi connectivity index (χ1v) is 7.54. The zero-order valence-electron chi connectivity index (χ0n) is 12.2. The van der Waals surface area contributed by atoms with E-state index in [1.165, 1.54) is 5.56 Å². The van der Waals surface area contributed by atoms with Gasteiger partial charge in [-0.05, 0) is 29.7 Å². The van der Waals surface area contributed by atoms with E-state index in [0.29, 0.717) is 18.1 Å². The molecular weight excluding hydrogens is 284 g/mol. The molecule has 1 aromatic heterocycles. The van der Waals surface area contributed by atoms with Crippen molar-refractivity contribution in [2.24, 2.45) is 0 Å². The van der Waals surface area contributed by atoms with Gasteiger partial charge in [-0.3, -0.25) is 4.79 Å². The molecule has 0 atom stereocenters. The molecule has 1 aromatic carbocycles. The predicted molar refractivity (Wildman–Crippen MR) is 83.9 cm³/mol. The van der Waals surface area contributed by atoms with E-state index in [4.69, 9.17) is 11.6 Å². The van der Waals surface area contributed by atoms with Gasteiger partial charge in [-0.2, -0.15) is 4.57 Å². The summed E-state index contributed by atoms with van der Waals surface area (Å²) in [6.45, 7) is 3.01. The topological polar surface area (TPSA) is 33.0 Å². The Morgan fingerprint density at radius 1 is 1.10 bits per heavy atom. The van der Waals surface area contributed by atoms with Gasteiger partial charge in [0.25, 0.3) is 5.91 Å². The average molecular weight is 304 g/mol. The Balaban J connectivity index is 1.82. The van der Waals surface area contributed by atoms with E-state index in [2.05, 4.69) is 24.4 Å². The Morgan fingerprint density at radius 3 is 2.38 bits per heavy atom. The summed E-state index contributed by atoms with van der Waals surface area (Å²) in [5.41, 5.74) is 2.34. The van der Waals surface area contributed by atoms with Crippen LogP contribution in [-0.4, -0.2) is 5.91 Å². The normalized spacial score (nSPS) is 10.4. The minimum Gasteiger partial charge on any atom is -0.347 e. The van der Waals surface area contributed by atoms with Crippen LogP contribution in [0.4, 0.5) is 0 Å². The summed E-state index contributed by atoms with van der Waals surface area (Å²) in [4.78, 5) is 11.9. The van der Waals surface area contributed by atoms with Crippen molar-refractivity contribution in [2.45, 2.75) is 32.9 Å². The molecule has 110 valence electrons. The summed E-state index contributed by atoms with van der Waals surface area (Å²) in [6.07, 6.45) is 6.11. The Morgan fingerprint density at radius 2 is 1.76 bits per heavy atom. The van der Waals surface area contributed by atoms with Crippen LogP contribution in [0.1, 0.15) is 24.5 Å². The molecule has 0 unspecified atom stereocenters. The second-order valence-electron chi connectivity index (χ2n) is 5.03. The van der Waals surface area contributed by atoms with Gasteiger partial charge in [-0.25, -0.2) is 0 Å². The molecule has 0 fully saturated rings. The zero-order chi connectivity index (χ0) is 15.1. The molecule has 0 aliphatic carbocycles. The van der Waals surface area contributed by atoms with Crippen LogP contribution in [0, 0.1) is 0 Å². The first kappa shape index (κ1) is 15.5. The number of rotatable bonds is 6. The van der Waals surface area contributed by atoms with E-state index in [9.17, 15) is 4.79 Å². The fourth-order valence-electron chi connectivity index (χ4n) is 2.07. The average Bonchev–Trinajstić information content (AvgIpc) is 2.49. The molecule has 0 aliphatic heterocycles. The van der Waals surface area contributed by atoms with Crippen LogP contribution in [0.25, 0.3) is 0 Å². The van der Waals surface area contributed by atoms with Gasteiger partial charge in [-0.1, -0.05) is 37.1 Å². The van der Waals surface area contributed by atoms with Crippen molar-refractivity contribution >= 4 is 17.5 Å². The summed E-state index contributed by atoms with van der Waals surface area (Å²) in [5.74, 6) is -0.00167. The van der Waals surface area contributed by atoms with Crippen LogP contribution >= 0.6 is 11.6 Å². The third-order valence-corrected chi connectivity index (χ3v) is 3.48. The summed E-state index contributed by atoms with van der Waals surface area (Å²) in [7, 11) is 0. The van der Waals surface area contributed by atoms with Crippen molar-refractivity contribution in [3.8, 4) is 0 Å². The van der Waals surface area contributed by atoms with Crippen LogP contribution in [-0.2, 0) is 24.3 Å². The minimum absolute atomic E-state index is 0.00167.